The Morgan fingerprint density at radius 1 is 1.38 bits per heavy atom. The van der Waals surface area contributed by atoms with Crippen molar-refractivity contribution in [2.24, 2.45) is 0 Å². The van der Waals surface area contributed by atoms with E-state index in [2.05, 4.69) is 41.9 Å². The number of anilines is 1. The molecule has 1 aromatic heterocycles. The normalized spacial score (nSPS) is 18.4. The Balaban J connectivity index is 1.91. The average Bonchev–Trinajstić information content (AvgIpc) is 2.81. The summed E-state index contributed by atoms with van der Waals surface area (Å²) in [7, 11) is 0. The summed E-state index contributed by atoms with van der Waals surface area (Å²) in [6, 6.07) is 10.7. The Morgan fingerprint density at radius 3 is 3.12 bits per heavy atom. The molecule has 0 spiro atoms. The zero-order valence-corrected chi connectivity index (χ0v) is 9.88. The van der Waals surface area contributed by atoms with Gasteiger partial charge in [0, 0.05) is 4.88 Å². The molecule has 2 aromatic rings. The second-order valence-electron chi connectivity index (χ2n) is 4.02. The number of ether oxygens (including phenoxy) is 1. The van der Waals surface area contributed by atoms with Gasteiger partial charge in [-0.15, -0.1) is 11.3 Å². The highest BCUT2D eigenvalue weighted by Gasteiger charge is 2.20. The van der Waals surface area contributed by atoms with Crippen LogP contribution < -0.4 is 10.1 Å². The maximum atomic E-state index is 5.76. The summed E-state index contributed by atoms with van der Waals surface area (Å²) in [6.45, 7) is 2.80. The molecule has 1 N–H and O–H groups in total. The highest BCUT2D eigenvalue weighted by molar-refractivity contribution is 7.10. The lowest BCUT2D eigenvalue weighted by Crippen LogP contribution is -2.23. The van der Waals surface area contributed by atoms with Gasteiger partial charge in [-0.3, -0.25) is 0 Å². The Hall–Kier alpha value is -1.48. The first-order chi connectivity index (χ1) is 7.83. The molecule has 82 valence electrons. The topological polar surface area (TPSA) is 21.3 Å². The van der Waals surface area contributed by atoms with Crippen molar-refractivity contribution in [1.29, 1.82) is 0 Å². The van der Waals surface area contributed by atoms with Gasteiger partial charge in [0.05, 0.1) is 11.7 Å². The van der Waals surface area contributed by atoms with Crippen molar-refractivity contribution >= 4 is 17.0 Å². The van der Waals surface area contributed by atoms with E-state index in [4.69, 9.17) is 4.74 Å². The fraction of sp³-hybridized carbons (Fsp3) is 0.231. The number of benzene rings is 1. The molecule has 16 heavy (non-hydrogen) atoms. The molecule has 2 nitrogen and oxygen atoms in total. The van der Waals surface area contributed by atoms with Gasteiger partial charge in [-0.1, -0.05) is 12.1 Å². The van der Waals surface area contributed by atoms with Gasteiger partial charge in [-0.2, -0.15) is 0 Å². The van der Waals surface area contributed by atoms with E-state index in [0.29, 0.717) is 6.61 Å². The van der Waals surface area contributed by atoms with Crippen LogP contribution in [0.1, 0.15) is 16.5 Å². The van der Waals surface area contributed by atoms with Crippen molar-refractivity contribution < 1.29 is 4.74 Å². The molecule has 3 heteroatoms. The molecule has 0 fully saturated rings. The van der Waals surface area contributed by atoms with Gasteiger partial charge in [0.25, 0.3) is 0 Å². The number of aryl methyl sites for hydroxylation is 1. The monoisotopic (exact) mass is 231 g/mol. The average molecular weight is 231 g/mol. The van der Waals surface area contributed by atoms with E-state index in [9.17, 15) is 0 Å². The van der Waals surface area contributed by atoms with Crippen molar-refractivity contribution in [3.8, 4) is 5.75 Å². The van der Waals surface area contributed by atoms with E-state index in [0.717, 1.165) is 11.4 Å². The fourth-order valence-corrected chi connectivity index (χ4v) is 2.69. The van der Waals surface area contributed by atoms with Crippen molar-refractivity contribution in [3.05, 3.63) is 46.2 Å². The first-order valence-corrected chi connectivity index (χ1v) is 6.24. The zero-order chi connectivity index (χ0) is 11.0. The Kier molecular flexibility index (Phi) is 2.33. The lowest BCUT2D eigenvalue weighted by atomic mass is 10.1. The number of hydrogen-bond acceptors (Lipinski definition) is 3. The van der Waals surface area contributed by atoms with Crippen LogP contribution >= 0.6 is 11.3 Å². The molecule has 0 radical (unpaired) electrons. The van der Waals surface area contributed by atoms with Gasteiger partial charge in [-0.05, 0) is 36.1 Å². The smallest absolute Gasteiger partial charge is 0.142 e. The van der Waals surface area contributed by atoms with Gasteiger partial charge in [0.1, 0.15) is 12.4 Å². The minimum Gasteiger partial charge on any atom is -0.489 e. The van der Waals surface area contributed by atoms with Crippen LogP contribution in [-0.4, -0.2) is 6.61 Å². The summed E-state index contributed by atoms with van der Waals surface area (Å²) in [4.78, 5) is 1.33. The summed E-state index contributed by atoms with van der Waals surface area (Å²) in [5.41, 5.74) is 2.35. The second-order valence-corrected chi connectivity index (χ2v) is 5.00. The largest absolute Gasteiger partial charge is 0.489 e. The van der Waals surface area contributed by atoms with Gasteiger partial charge in [0.2, 0.25) is 0 Å². The summed E-state index contributed by atoms with van der Waals surface area (Å²) < 4.78 is 5.76. The summed E-state index contributed by atoms with van der Waals surface area (Å²) in [5, 5.41) is 5.63. The SMILES string of the molecule is Cc1ccc2c(c1)N[C@H](c1cccs1)CO2. The van der Waals surface area contributed by atoms with Crippen molar-refractivity contribution in [2.45, 2.75) is 13.0 Å². The molecular weight excluding hydrogens is 218 g/mol. The molecule has 0 unspecified atom stereocenters. The van der Waals surface area contributed by atoms with Crippen LogP contribution in [0.3, 0.4) is 0 Å². The number of rotatable bonds is 1. The molecule has 0 amide bonds. The maximum absolute atomic E-state index is 5.76. The minimum atomic E-state index is 0.286. The molecular formula is C13H13NOS. The molecule has 3 rings (SSSR count). The molecule has 1 aliphatic heterocycles. The van der Waals surface area contributed by atoms with Crippen molar-refractivity contribution in [3.63, 3.8) is 0 Å². The highest BCUT2D eigenvalue weighted by Crippen LogP contribution is 2.35. The summed E-state index contributed by atoms with van der Waals surface area (Å²) in [5.74, 6) is 0.957. The maximum Gasteiger partial charge on any atom is 0.142 e. The lowest BCUT2D eigenvalue weighted by molar-refractivity contribution is 0.288. The van der Waals surface area contributed by atoms with Crippen LogP contribution in [0.15, 0.2) is 35.7 Å². The summed E-state index contributed by atoms with van der Waals surface area (Å²) >= 11 is 1.77. The highest BCUT2D eigenvalue weighted by atomic mass is 32.1. The molecule has 1 aliphatic rings. The van der Waals surface area contributed by atoms with Crippen LogP contribution in [0, 0.1) is 6.92 Å². The Morgan fingerprint density at radius 2 is 2.31 bits per heavy atom. The third-order valence-corrected chi connectivity index (χ3v) is 3.74. The standard InChI is InChI=1S/C13H13NOS/c1-9-4-5-12-10(7-9)14-11(8-15-12)13-3-2-6-16-13/h2-7,11,14H,8H2,1H3/t11-/m0/s1. The van der Waals surface area contributed by atoms with E-state index < -0.39 is 0 Å². The summed E-state index contributed by atoms with van der Waals surface area (Å²) in [6.07, 6.45) is 0. The third-order valence-electron chi connectivity index (χ3n) is 2.76. The third kappa shape index (κ3) is 1.67. The van der Waals surface area contributed by atoms with E-state index in [1.54, 1.807) is 11.3 Å². The van der Waals surface area contributed by atoms with E-state index in [1.165, 1.54) is 10.4 Å². The number of fused-ring (bicyclic) bond motifs is 1. The van der Waals surface area contributed by atoms with Crippen LogP contribution in [0.5, 0.6) is 5.75 Å². The number of nitrogens with one attached hydrogen (secondary N) is 1. The van der Waals surface area contributed by atoms with Gasteiger partial charge >= 0.3 is 0 Å². The van der Waals surface area contributed by atoms with Crippen LogP contribution in [-0.2, 0) is 0 Å². The molecule has 0 saturated carbocycles. The predicted molar refractivity (Wildman–Crippen MR) is 67.4 cm³/mol. The molecule has 1 aromatic carbocycles. The number of hydrogen-bond donors (Lipinski definition) is 1. The van der Waals surface area contributed by atoms with E-state index in [-0.39, 0.29) is 6.04 Å². The van der Waals surface area contributed by atoms with Gasteiger partial charge < -0.3 is 10.1 Å². The minimum absolute atomic E-state index is 0.286. The number of thiophene rings is 1. The van der Waals surface area contributed by atoms with Crippen LogP contribution in [0.4, 0.5) is 5.69 Å². The second kappa shape index (κ2) is 3.83. The molecule has 0 aliphatic carbocycles. The van der Waals surface area contributed by atoms with Crippen molar-refractivity contribution in [1.82, 2.24) is 0 Å². The quantitative estimate of drug-likeness (QED) is 0.809. The first kappa shape index (κ1) is 9.73. The van der Waals surface area contributed by atoms with E-state index >= 15 is 0 Å². The Labute approximate surface area is 98.9 Å². The van der Waals surface area contributed by atoms with Gasteiger partial charge in [0.15, 0.2) is 0 Å². The Bertz CT molecular complexity index is 493. The molecule has 2 heterocycles. The van der Waals surface area contributed by atoms with Crippen LogP contribution in [0.2, 0.25) is 0 Å². The lowest BCUT2D eigenvalue weighted by Gasteiger charge is -2.27. The van der Waals surface area contributed by atoms with Gasteiger partial charge in [-0.25, -0.2) is 0 Å². The molecule has 0 saturated heterocycles. The van der Waals surface area contributed by atoms with Crippen LogP contribution in [0.25, 0.3) is 0 Å². The fourth-order valence-electron chi connectivity index (χ4n) is 1.93. The predicted octanol–water partition coefficient (Wildman–Crippen LogP) is 3.60. The first-order valence-electron chi connectivity index (χ1n) is 5.36. The van der Waals surface area contributed by atoms with Crippen molar-refractivity contribution in [2.75, 3.05) is 11.9 Å². The van der Waals surface area contributed by atoms with E-state index in [1.807, 2.05) is 6.07 Å². The molecule has 1 atom stereocenters. The molecule has 0 bridgehead atoms. The zero-order valence-electron chi connectivity index (χ0n) is 9.07.